The molecule has 0 saturated carbocycles. The fourth-order valence-corrected chi connectivity index (χ4v) is 3.45. The van der Waals surface area contributed by atoms with Crippen molar-refractivity contribution in [2.24, 2.45) is 0 Å². The highest BCUT2D eigenvalue weighted by Gasteiger charge is 2.17. The van der Waals surface area contributed by atoms with Crippen LogP contribution in [-0.4, -0.2) is 22.8 Å². The quantitative estimate of drug-likeness (QED) is 0.491. The van der Waals surface area contributed by atoms with E-state index in [4.69, 9.17) is 4.74 Å². The minimum absolute atomic E-state index is 0.0676. The minimum atomic E-state index is -0.387. The lowest BCUT2D eigenvalue weighted by Gasteiger charge is -2.14. The molecule has 4 aromatic carbocycles. The Balaban J connectivity index is 2.02. The van der Waals surface area contributed by atoms with Gasteiger partial charge in [0, 0.05) is 11.1 Å². The zero-order valence-electron chi connectivity index (χ0n) is 14.8. The summed E-state index contributed by atoms with van der Waals surface area (Å²) >= 11 is 0. The van der Waals surface area contributed by atoms with Gasteiger partial charge >= 0.3 is 5.97 Å². The summed E-state index contributed by atoms with van der Waals surface area (Å²) < 4.78 is 5.06. The second-order valence-electron chi connectivity index (χ2n) is 6.30. The van der Waals surface area contributed by atoms with Gasteiger partial charge in [-0.3, -0.25) is 0 Å². The van der Waals surface area contributed by atoms with Gasteiger partial charge < -0.3 is 14.9 Å². The van der Waals surface area contributed by atoms with Crippen molar-refractivity contribution < 1.29 is 19.7 Å². The molecule has 0 spiro atoms. The normalized spacial score (nSPS) is 11.0. The number of rotatable bonds is 3. The zero-order valence-corrected chi connectivity index (χ0v) is 14.8. The first-order valence-corrected chi connectivity index (χ1v) is 8.74. The van der Waals surface area contributed by atoms with Crippen molar-refractivity contribution in [2.45, 2.75) is 6.92 Å². The monoisotopic (exact) mass is 358 g/mol. The van der Waals surface area contributed by atoms with Crippen molar-refractivity contribution in [2.75, 3.05) is 6.61 Å². The molecule has 0 saturated heterocycles. The first kappa shape index (κ1) is 16.9. The van der Waals surface area contributed by atoms with Crippen molar-refractivity contribution in [3.05, 3.63) is 72.3 Å². The number of hydrogen-bond donors (Lipinski definition) is 2. The summed E-state index contributed by atoms with van der Waals surface area (Å²) in [5.74, 6) is -0.231. The first-order chi connectivity index (χ1) is 13.1. The molecule has 0 aromatic heterocycles. The number of aromatic hydroxyl groups is 2. The third-order valence-corrected chi connectivity index (χ3v) is 4.67. The number of benzene rings is 4. The van der Waals surface area contributed by atoms with Gasteiger partial charge in [-0.2, -0.15) is 0 Å². The van der Waals surface area contributed by atoms with Crippen LogP contribution in [0.2, 0.25) is 0 Å². The lowest BCUT2D eigenvalue weighted by Crippen LogP contribution is -2.04. The van der Waals surface area contributed by atoms with Gasteiger partial charge in [-0.1, -0.05) is 42.5 Å². The van der Waals surface area contributed by atoms with E-state index in [0.717, 1.165) is 21.5 Å². The summed E-state index contributed by atoms with van der Waals surface area (Å²) in [6.45, 7) is 2.07. The van der Waals surface area contributed by atoms with E-state index in [1.165, 1.54) is 0 Å². The van der Waals surface area contributed by atoms with Crippen LogP contribution in [0.5, 0.6) is 11.5 Å². The molecule has 4 nitrogen and oxygen atoms in total. The SMILES string of the molecule is CCOC(=O)c1ccc2c(-c3c(O)ccc4ccccc34)c(O)ccc2c1. The Morgan fingerprint density at radius 1 is 0.815 bits per heavy atom. The third-order valence-electron chi connectivity index (χ3n) is 4.67. The Bertz CT molecular complexity index is 1180. The van der Waals surface area contributed by atoms with Crippen LogP contribution in [0, 0.1) is 0 Å². The maximum atomic E-state index is 12.0. The number of carbonyl (C=O) groups is 1. The smallest absolute Gasteiger partial charge is 0.338 e. The maximum absolute atomic E-state index is 12.0. The topological polar surface area (TPSA) is 66.8 Å². The molecule has 0 radical (unpaired) electrons. The van der Waals surface area contributed by atoms with Crippen molar-refractivity contribution >= 4 is 27.5 Å². The summed E-state index contributed by atoms with van der Waals surface area (Å²) in [5.41, 5.74) is 1.56. The van der Waals surface area contributed by atoms with Gasteiger partial charge in [-0.05, 0) is 52.7 Å². The van der Waals surface area contributed by atoms with Crippen LogP contribution in [0.15, 0.2) is 66.7 Å². The molecule has 0 heterocycles. The Labute approximate surface area is 156 Å². The van der Waals surface area contributed by atoms with Crippen LogP contribution >= 0.6 is 0 Å². The lowest BCUT2D eigenvalue weighted by molar-refractivity contribution is 0.0526. The summed E-state index contributed by atoms with van der Waals surface area (Å²) in [7, 11) is 0. The number of phenolic OH excluding ortho intramolecular Hbond substituents is 2. The fourth-order valence-electron chi connectivity index (χ4n) is 3.45. The molecule has 4 heteroatoms. The van der Waals surface area contributed by atoms with Crippen molar-refractivity contribution in [3.8, 4) is 22.6 Å². The van der Waals surface area contributed by atoms with Crippen LogP contribution in [0.4, 0.5) is 0 Å². The Kier molecular flexibility index (Phi) is 4.16. The van der Waals surface area contributed by atoms with E-state index in [9.17, 15) is 15.0 Å². The highest BCUT2D eigenvalue weighted by atomic mass is 16.5. The van der Waals surface area contributed by atoms with Crippen molar-refractivity contribution in [3.63, 3.8) is 0 Å². The Hall–Kier alpha value is -3.53. The average molecular weight is 358 g/mol. The highest BCUT2D eigenvalue weighted by molar-refractivity contribution is 6.10. The summed E-state index contributed by atoms with van der Waals surface area (Å²) in [4.78, 5) is 12.0. The van der Waals surface area contributed by atoms with Crippen LogP contribution in [-0.2, 0) is 4.74 Å². The zero-order chi connectivity index (χ0) is 19.0. The summed E-state index contributed by atoms with van der Waals surface area (Å²) in [6.07, 6.45) is 0. The van der Waals surface area contributed by atoms with Crippen LogP contribution in [0.25, 0.3) is 32.7 Å². The molecule has 0 fully saturated rings. The molecule has 27 heavy (non-hydrogen) atoms. The first-order valence-electron chi connectivity index (χ1n) is 8.74. The molecule has 134 valence electrons. The van der Waals surface area contributed by atoms with E-state index >= 15 is 0 Å². The average Bonchev–Trinajstić information content (AvgIpc) is 2.68. The van der Waals surface area contributed by atoms with Gasteiger partial charge in [0.2, 0.25) is 0 Å². The number of ether oxygens (including phenoxy) is 1. The highest BCUT2D eigenvalue weighted by Crippen LogP contribution is 2.44. The van der Waals surface area contributed by atoms with Gasteiger partial charge in [0.1, 0.15) is 11.5 Å². The molecule has 0 aliphatic heterocycles. The third kappa shape index (κ3) is 2.85. The van der Waals surface area contributed by atoms with E-state index in [1.54, 1.807) is 43.3 Å². The molecular formula is C23H18O4. The Morgan fingerprint density at radius 3 is 2.15 bits per heavy atom. The second kappa shape index (κ2) is 6.65. The number of fused-ring (bicyclic) bond motifs is 2. The Morgan fingerprint density at radius 2 is 1.44 bits per heavy atom. The number of hydrogen-bond acceptors (Lipinski definition) is 4. The minimum Gasteiger partial charge on any atom is -0.507 e. The van der Waals surface area contributed by atoms with Crippen LogP contribution in [0.1, 0.15) is 17.3 Å². The van der Waals surface area contributed by atoms with Gasteiger partial charge in [0.15, 0.2) is 0 Å². The number of phenols is 2. The predicted octanol–water partition coefficient (Wildman–Crippen LogP) is 5.25. The van der Waals surface area contributed by atoms with Crippen LogP contribution < -0.4 is 0 Å². The number of carbonyl (C=O) groups excluding carboxylic acids is 1. The van der Waals surface area contributed by atoms with Crippen LogP contribution in [0.3, 0.4) is 0 Å². The van der Waals surface area contributed by atoms with Crippen molar-refractivity contribution in [1.29, 1.82) is 0 Å². The van der Waals surface area contributed by atoms with Gasteiger partial charge in [-0.15, -0.1) is 0 Å². The molecule has 0 unspecified atom stereocenters. The summed E-state index contributed by atoms with van der Waals surface area (Å²) in [5, 5.41) is 24.5. The van der Waals surface area contributed by atoms with E-state index < -0.39 is 0 Å². The fraction of sp³-hybridized carbons (Fsp3) is 0.0870. The van der Waals surface area contributed by atoms with E-state index in [2.05, 4.69) is 0 Å². The molecule has 4 rings (SSSR count). The molecule has 2 N–H and O–H groups in total. The standard InChI is InChI=1S/C23H18O4/c1-2-27-23(26)16-7-10-18-15(13-16)9-12-20(25)22(18)21-17-6-4-3-5-14(17)8-11-19(21)24/h3-13,24-25H,2H2,1H3. The van der Waals surface area contributed by atoms with Gasteiger partial charge in [0.05, 0.1) is 12.2 Å². The molecule has 0 amide bonds. The van der Waals surface area contributed by atoms with E-state index in [-0.39, 0.29) is 17.5 Å². The second-order valence-corrected chi connectivity index (χ2v) is 6.30. The molecule has 0 aliphatic rings. The summed E-state index contributed by atoms with van der Waals surface area (Å²) in [6, 6.07) is 19.7. The largest absolute Gasteiger partial charge is 0.507 e. The van der Waals surface area contributed by atoms with Gasteiger partial charge in [0.25, 0.3) is 0 Å². The maximum Gasteiger partial charge on any atom is 0.338 e. The van der Waals surface area contributed by atoms with Crippen molar-refractivity contribution in [1.82, 2.24) is 0 Å². The molecule has 0 aliphatic carbocycles. The van der Waals surface area contributed by atoms with Gasteiger partial charge in [-0.25, -0.2) is 4.79 Å². The predicted molar refractivity (Wildman–Crippen MR) is 106 cm³/mol. The molecule has 4 aromatic rings. The number of esters is 1. The van der Waals surface area contributed by atoms with E-state index in [1.807, 2.05) is 30.3 Å². The van der Waals surface area contributed by atoms with E-state index in [0.29, 0.717) is 23.3 Å². The molecule has 0 bridgehead atoms. The lowest BCUT2D eigenvalue weighted by atomic mass is 9.92. The molecular weight excluding hydrogens is 340 g/mol. The molecule has 0 atom stereocenters.